The fraction of sp³-hybridized carbons (Fsp3) is 0.462. The van der Waals surface area contributed by atoms with Gasteiger partial charge in [0.2, 0.25) is 0 Å². The largest absolute Gasteiger partial charge is 0.575 e. The van der Waals surface area contributed by atoms with E-state index in [2.05, 4.69) is 4.74 Å². The fourth-order valence-corrected chi connectivity index (χ4v) is 2.25. The summed E-state index contributed by atoms with van der Waals surface area (Å²) in [6.45, 7) is 7.27. The highest BCUT2D eigenvalue weighted by Gasteiger charge is 2.17. The molecule has 0 amide bonds. The highest BCUT2D eigenvalue weighted by atomic mass is 31.1. The number of carboxylic acids is 1. The van der Waals surface area contributed by atoms with E-state index < -0.39 is 20.2 Å². The Labute approximate surface area is 113 Å². The number of carboxylic acid groups (broad SMARTS) is 1. The van der Waals surface area contributed by atoms with Crippen LogP contribution in [0.25, 0.3) is 0 Å². The Bertz CT molecular complexity index is 499. The van der Waals surface area contributed by atoms with Gasteiger partial charge < -0.3 is 10.00 Å². The molecule has 1 aromatic rings. The monoisotopic (exact) mass is 283 g/mol. The minimum Gasteiger partial charge on any atom is -0.575 e. The summed E-state index contributed by atoms with van der Waals surface area (Å²) in [4.78, 5) is 22.3. The zero-order valence-corrected chi connectivity index (χ0v) is 12.3. The van der Waals surface area contributed by atoms with Crippen LogP contribution in [0.1, 0.15) is 37.8 Å². The quantitative estimate of drug-likeness (QED) is 0.842. The van der Waals surface area contributed by atoms with Crippen molar-refractivity contribution in [1.82, 2.24) is 0 Å². The molecular weight excluding hydrogens is 265 g/mol. The third kappa shape index (κ3) is 4.62. The van der Waals surface area contributed by atoms with Crippen molar-refractivity contribution in [3.63, 3.8) is 0 Å². The summed E-state index contributed by atoms with van der Waals surface area (Å²) in [5, 5.41) is 8.71. The van der Waals surface area contributed by atoms with Gasteiger partial charge in [0.05, 0.1) is 0 Å². The van der Waals surface area contributed by atoms with Crippen molar-refractivity contribution in [1.29, 1.82) is 0 Å². The highest BCUT2D eigenvalue weighted by molar-refractivity contribution is 7.34. The van der Waals surface area contributed by atoms with Gasteiger partial charge in [0.25, 0.3) is 0 Å². The van der Waals surface area contributed by atoms with Crippen LogP contribution in [0.2, 0.25) is 0 Å². The van der Waals surface area contributed by atoms with Crippen LogP contribution in [0, 0.1) is 6.92 Å². The molecule has 19 heavy (non-hydrogen) atoms. The maximum absolute atomic E-state index is 11.7. The average molecular weight is 283 g/mol. The second-order valence-electron chi connectivity index (χ2n) is 4.65. The predicted octanol–water partition coefficient (Wildman–Crippen LogP) is 2.83. The molecule has 2 unspecified atom stereocenters. The number of benzene rings is 1. The molecule has 0 radical (unpaired) electrons. The molecule has 1 rings (SSSR count). The van der Waals surface area contributed by atoms with Crippen molar-refractivity contribution in [2.24, 2.45) is 4.74 Å². The van der Waals surface area contributed by atoms with Gasteiger partial charge >= 0.3 is 14.1 Å². The molecule has 0 heterocycles. The van der Waals surface area contributed by atoms with E-state index in [1.54, 1.807) is 6.07 Å². The van der Waals surface area contributed by atoms with E-state index in [4.69, 9.17) is 9.63 Å². The summed E-state index contributed by atoms with van der Waals surface area (Å²) in [6, 6.07) is 4.60. The molecule has 1 aromatic carbocycles. The molecule has 0 fully saturated rings. The second-order valence-corrected chi connectivity index (χ2v) is 5.54. The molecule has 5 nitrogen and oxygen atoms in total. The lowest BCUT2D eigenvalue weighted by Crippen LogP contribution is -2.13. The maximum Gasteiger partial charge on any atom is 0.395 e. The van der Waals surface area contributed by atoms with Crippen LogP contribution in [0.4, 0.5) is 0 Å². The lowest BCUT2D eigenvalue weighted by atomic mass is 10.0. The van der Waals surface area contributed by atoms with E-state index in [0.29, 0.717) is 5.75 Å². The maximum atomic E-state index is 11.7. The van der Waals surface area contributed by atoms with E-state index in [1.165, 1.54) is 6.92 Å². The van der Waals surface area contributed by atoms with Crippen LogP contribution >= 0.6 is 8.17 Å². The summed E-state index contributed by atoms with van der Waals surface area (Å²) in [7, 11) is -2.39. The van der Waals surface area contributed by atoms with Gasteiger partial charge in [-0.1, -0.05) is 30.7 Å². The van der Waals surface area contributed by atoms with Crippen LogP contribution in [0.5, 0.6) is 5.75 Å². The van der Waals surface area contributed by atoms with E-state index in [9.17, 15) is 9.69 Å². The standard InChI is InChI=1S/C13H18NO4P/c1-8(2)11-6-5-9(3)7-12(11)18-19(17)14-10(4)13(15)16/h5-8,10H,1-4H3,(H,15,16). The van der Waals surface area contributed by atoms with Crippen molar-refractivity contribution in [2.75, 3.05) is 0 Å². The molecule has 0 bridgehead atoms. The number of aliphatic carboxylic acids is 1. The summed E-state index contributed by atoms with van der Waals surface area (Å²) in [6.07, 6.45) is 0. The lowest BCUT2D eigenvalue weighted by molar-refractivity contribution is -0.169. The van der Waals surface area contributed by atoms with E-state index in [-0.39, 0.29) is 5.92 Å². The Morgan fingerprint density at radius 2 is 2.05 bits per heavy atom. The molecule has 104 valence electrons. The molecule has 6 heteroatoms. The zero-order chi connectivity index (χ0) is 14.6. The Hall–Kier alpha value is -1.45. The second kappa shape index (κ2) is 6.64. The smallest absolute Gasteiger partial charge is 0.395 e. The van der Waals surface area contributed by atoms with E-state index in [1.807, 2.05) is 32.9 Å². The number of hydrogen-bond acceptors (Lipinski definition) is 4. The van der Waals surface area contributed by atoms with Crippen molar-refractivity contribution in [2.45, 2.75) is 39.7 Å². The third-order valence-electron chi connectivity index (χ3n) is 2.59. The normalized spacial score (nSPS) is 13.5. The minimum atomic E-state index is -2.39. The summed E-state index contributed by atoms with van der Waals surface area (Å²) in [5.74, 6) is -0.409. The number of hydrogen-bond donors (Lipinski definition) is 1. The van der Waals surface area contributed by atoms with Crippen LogP contribution < -0.4 is 9.42 Å². The predicted molar refractivity (Wildman–Crippen MR) is 72.3 cm³/mol. The molecule has 0 aromatic heterocycles. The van der Waals surface area contributed by atoms with Crippen molar-refractivity contribution in [3.05, 3.63) is 29.3 Å². The first-order valence-electron chi connectivity index (χ1n) is 6.00. The van der Waals surface area contributed by atoms with Gasteiger partial charge in [-0.25, -0.2) is 4.79 Å². The summed E-state index contributed by atoms with van der Waals surface area (Å²) in [5.41, 5.74) is 1.90. The molecule has 0 saturated carbocycles. The molecule has 0 saturated heterocycles. The molecule has 0 aliphatic rings. The van der Waals surface area contributed by atoms with Crippen molar-refractivity contribution in [3.8, 4) is 5.75 Å². The fourth-order valence-electron chi connectivity index (χ4n) is 1.50. The van der Waals surface area contributed by atoms with Crippen LogP contribution in [0.3, 0.4) is 0 Å². The van der Waals surface area contributed by atoms with Gasteiger partial charge in [-0.3, -0.25) is 4.52 Å². The van der Waals surface area contributed by atoms with Crippen LogP contribution in [0.15, 0.2) is 22.9 Å². The minimum absolute atomic E-state index is 0.218. The number of carbonyl (C=O) groups is 1. The molecule has 2 atom stereocenters. The lowest BCUT2D eigenvalue weighted by Gasteiger charge is -2.10. The van der Waals surface area contributed by atoms with Crippen molar-refractivity contribution >= 4 is 14.1 Å². The molecular formula is C13H18NO4P. The van der Waals surface area contributed by atoms with Crippen LogP contribution in [-0.4, -0.2) is 17.1 Å². The Morgan fingerprint density at radius 3 is 2.58 bits per heavy atom. The SMILES string of the molecule is Cc1ccc(C(C)C)c(O[P+]([O-])=NC(C)C(=O)O)c1. The molecule has 0 aliphatic carbocycles. The number of nitrogens with zero attached hydrogens (tertiary/aromatic N) is 1. The first-order valence-corrected chi connectivity index (χ1v) is 7.13. The van der Waals surface area contributed by atoms with Gasteiger partial charge in [0.15, 0.2) is 11.8 Å². The summed E-state index contributed by atoms with van der Waals surface area (Å²) < 4.78 is 8.88. The van der Waals surface area contributed by atoms with Gasteiger partial charge in [-0.2, -0.15) is 0 Å². The van der Waals surface area contributed by atoms with Gasteiger partial charge in [0.1, 0.15) is 0 Å². The van der Waals surface area contributed by atoms with Crippen LogP contribution in [-0.2, 0) is 4.79 Å². The average Bonchev–Trinajstić information content (AvgIpc) is 2.27. The Morgan fingerprint density at radius 1 is 1.42 bits per heavy atom. The summed E-state index contributed by atoms with van der Waals surface area (Å²) >= 11 is 0. The van der Waals surface area contributed by atoms with E-state index in [0.717, 1.165) is 11.1 Å². The molecule has 1 N–H and O–H groups in total. The van der Waals surface area contributed by atoms with E-state index >= 15 is 0 Å². The first kappa shape index (κ1) is 15.6. The molecule has 0 aliphatic heterocycles. The Balaban J connectivity index is 2.98. The highest BCUT2D eigenvalue weighted by Crippen LogP contribution is 2.33. The first-order chi connectivity index (χ1) is 8.81. The van der Waals surface area contributed by atoms with Gasteiger partial charge in [0, 0.05) is 5.56 Å². The topological polar surface area (TPSA) is 82.0 Å². The Kier molecular flexibility index (Phi) is 5.45. The van der Waals surface area contributed by atoms with Crippen molar-refractivity contribution < 1.29 is 19.3 Å². The number of rotatable bonds is 5. The zero-order valence-electron chi connectivity index (χ0n) is 11.5. The molecule has 0 spiro atoms. The van der Waals surface area contributed by atoms with Gasteiger partial charge in [-0.05, 0) is 31.4 Å². The van der Waals surface area contributed by atoms with Gasteiger partial charge in [-0.15, -0.1) is 0 Å². The number of aryl methyl sites for hydroxylation is 1. The third-order valence-corrected chi connectivity index (χ3v) is 3.48.